The normalized spacial score (nSPS) is 22.9. The first-order valence-electron chi connectivity index (χ1n) is 5.39. The lowest BCUT2D eigenvalue weighted by Gasteiger charge is -2.32. The zero-order valence-corrected chi connectivity index (χ0v) is 10.5. The maximum Gasteiger partial charge on any atom is 0.0952 e. The third-order valence-corrected chi connectivity index (χ3v) is 3.37. The number of likely N-dealkylation sites (N-methyl/N-ethyl adjacent to an activating group) is 1. The van der Waals surface area contributed by atoms with Gasteiger partial charge in [0.15, 0.2) is 0 Å². The Morgan fingerprint density at radius 3 is 2.80 bits per heavy atom. The lowest BCUT2D eigenvalue weighted by molar-refractivity contribution is -0.0281. The van der Waals surface area contributed by atoms with Crippen molar-refractivity contribution < 1.29 is 4.74 Å². The van der Waals surface area contributed by atoms with Gasteiger partial charge in [-0.3, -0.25) is 4.90 Å². The lowest BCUT2D eigenvalue weighted by atomic mass is 10.1. The van der Waals surface area contributed by atoms with Gasteiger partial charge in [-0.2, -0.15) is 0 Å². The lowest BCUT2D eigenvalue weighted by Crippen LogP contribution is -2.37. The van der Waals surface area contributed by atoms with Crippen LogP contribution in [0.4, 0.5) is 0 Å². The van der Waals surface area contributed by atoms with E-state index in [-0.39, 0.29) is 6.10 Å². The summed E-state index contributed by atoms with van der Waals surface area (Å²) in [5.41, 5.74) is 1.27. The Kier molecular flexibility index (Phi) is 3.78. The summed E-state index contributed by atoms with van der Waals surface area (Å²) in [6, 6.07) is 8.41. The highest BCUT2D eigenvalue weighted by atomic mass is 79.9. The van der Waals surface area contributed by atoms with Crippen LogP contribution in [0.3, 0.4) is 0 Å². The standard InChI is InChI=1S/C12H16BrNO/c1-2-14-7-8-15-12(9-14)10-3-5-11(13)6-4-10/h3-6,12H,2,7-9H2,1H3. The molecule has 0 radical (unpaired) electrons. The van der Waals surface area contributed by atoms with Crippen LogP contribution in [0.5, 0.6) is 0 Å². The minimum Gasteiger partial charge on any atom is -0.371 e. The fourth-order valence-corrected chi connectivity index (χ4v) is 2.13. The molecule has 0 aromatic heterocycles. The van der Waals surface area contributed by atoms with E-state index in [9.17, 15) is 0 Å². The van der Waals surface area contributed by atoms with Gasteiger partial charge < -0.3 is 4.74 Å². The van der Waals surface area contributed by atoms with Crippen LogP contribution in [0.2, 0.25) is 0 Å². The molecule has 82 valence electrons. The summed E-state index contributed by atoms with van der Waals surface area (Å²) in [6.45, 7) is 6.22. The average molecular weight is 270 g/mol. The van der Waals surface area contributed by atoms with Crippen molar-refractivity contribution in [2.45, 2.75) is 13.0 Å². The number of rotatable bonds is 2. The molecule has 1 saturated heterocycles. The van der Waals surface area contributed by atoms with Gasteiger partial charge in [0, 0.05) is 17.6 Å². The maximum atomic E-state index is 5.78. The van der Waals surface area contributed by atoms with Gasteiger partial charge in [-0.05, 0) is 24.2 Å². The second kappa shape index (κ2) is 5.10. The summed E-state index contributed by atoms with van der Waals surface area (Å²) >= 11 is 3.44. The summed E-state index contributed by atoms with van der Waals surface area (Å²) in [7, 11) is 0. The minimum atomic E-state index is 0.242. The van der Waals surface area contributed by atoms with Gasteiger partial charge in [0.1, 0.15) is 0 Å². The van der Waals surface area contributed by atoms with E-state index in [1.54, 1.807) is 0 Å². The van der Waals surface area contributed by atoms with Crippen molar-refractivity contribution in [2.24, 2.45) is 0 Å². The van der Waals surface area contributed by atoms with Crippen LogP contribution in [-0.2, 0) is 4.74 Å². The van der Waals surface area contributed by atoms with Gasteiger partial charge in [0.05, 0.1) is 12.7 Å². The molecule has 1 aliphatic heterocycles. The van der Waals surface area contributed by atoms with Crippen molar-refractivity contribution >= 4 is 15.9 Å². The van der Waals surface area contributed by atoms with Gasteiger partial charge in [0.2, 0.25) is 0 Å². The highest BCUT2D eigenvalue weighted by Gasteiger charge is 2.20. The average Bonchev–Trinajstić information content (AvgIpc) is 2.30. The van der Waals surface area contributed by atoms with Crippen molar-refractivity contribution in [2.75, 3.05) is 26.2 Å². The summed E-state index contributed by atoms with van der Waals surface area (Å²) in [4.78, 5) is 2.43. The largest absolute Gasteiger partial charge is 0.371 e. The summed E-state index contributed by atoms with van der Waals surface area (Å²) < 4.78 is 6.90. The van der Waals surface area contributed by atoms with Gasteiger partial charge >= 0.3 is 0 Å². The number of hydrogen-bond acceptors (Lipinski definition) is 2. The number of nitrogens with zero attached hydrogens (tertiary/aromatic N) is 1. The number of morpholine rings is 1. The van der Waals surface area contributed by atoms with Crippen molar-refractivity contribution in [1.29, 1.82) is 0 Å². The van der Waals surface area contributed by atoms with Crippen molar-refractivity contribution in [3.63, 3.8) is 0 Å². The molecular formula is C12H16BrNO. The summed E-state index contributed by atoms with van der Waals surface area (Å²) in [5.74, 6) is 0. The summed E-state index contributed by atoms with van der Waals surface area (Å²) in [6.07, 6.45) is 0.242. The highest BCUT2D eigenvalue weighted by Crippen LogP contribution is 2.23. The van der Waals surface area contributed by atoms with Crippen LogP contribution in [0.1, 0.15) is 18.6 Å². The van der Waals surface area contributed by atoms with E-state index in [1.165, 1.54) is 5.56 Å². The molecule has 1 aromatic rings. The second-order valence-corrected chi connectivity index (χ2v) is 4.72. The molecule has 0 N–H and O–H groups in total. The minimum absolute atomic E-state index is 0.242. The maximum absolute atomic E-state index is 5.78. The zero-order valence-electron chi connectivity index (χ0n) is 8.95. The van der Waals surface area contributed by atoms with Gasteiger partial charge in [-0.1, -0.05) is 35.0 Å². The number of halogens is 1. The van der Waals surface area contributed by atoms with Crippen LogP contribution in [0.15, 0.2) is 28.7 Å². The van der Waals surface area contributed by atoms with E-state index in [4.69, 9.17) is 4.74 Å². The third-order valence-electron chi connectivity index (χ3n) is 2.84. The molecule has 2 nitrogen and oxygen atoms in total. The molecule has 1 aromatic carbocycles. The van der Waals surface area contributed by atoms with E-state index in [0.29, 0.717) is 0 Å². The van der Waals surface area contributed by atoms with E-state index in [1.807, 2.05) is 0 Å². The monoisotopic (exact) mass is 269 g/mol. The van der Waals surface area contributed by atoms with Crippen LogP contribution < -0.4 is 0 Å². The molecule has 1 heterocycles. The predicted octanol–water partition coefficient (Wildman–Crippen LogP) is 2.84. The zero-order chi connectivity index (χ0) is 10.7. The number of ether oxygens (including phenoxy) is 1. The van der Waals surface area contributed by atoms with Gasteiger partial charge in [0.25, 0.3) is 0 Å². The Morgan fingerprint density at radius 2 is 2.13 bits per heavy atom. The fourth-order valence-electron chi connectivity index (χ4n) is 1.87. The van der Waals surface area contributed by atoms with Crippen molar-refractivity contribution in [3.8, 4) is 0 Å². The first kappa shape index (κ1) is 11.1. The molecule has 1 fully saturated rings. The first-order valence-corrected chi connectivity index (χ1v) is 6.18. The highest BCUT2D eigenvalue weighted by molar-refractivity contribution is 9.10. The molecule has 0 bridgehead atoms. The molecule has 1 aliphatic rings. The summed E-state index contributed by atoms with van der Waals surface area (Å²) in [5, 5.41) is 0. The first-order chi connectivity index (χ1) is 7.29. The smallest absolute Gasteiger partial charge is 0.0952 e. The molecule has 1 unspecified atom stereocenters. The Morgan fingerprint density at radius 1 is 1.40 bits per heavy atom. The van der Waals surface area contributed by atoms with Crippen molar-refractivity contribution in [1.82, 2.24) is 4.90 Å². The van der Waals surface area contributed by atoms with Crippen molar-refractivity contribution in [3.05, 3.63) is 34.3 Å². The Balaban J connectivity index is 2.06. The molecule has 3 heteroatoms. The van der Waals surface area contributed by atoms with Gasteiger partial charge in [-0.15, -0.1) is 0 Å². The molecule has 0 spiro atoms. The van der Waals surface area contributed by atoms with E-state index < -0.39 is 0 Å². The molecule has 0 saturated carbocycles. The predicted molar refractivity (Wildman–Crippen MR) is 64.9 cm³/mol. The molecule has 2 rings (SSSR count). The number of hydrogen-bond donors (Lipinski definition) is 0. The molecule has 0 amide bonds. The van der Waals surface area contributed by atoms with Crippen LogP contribution in [0.25, 0.3) is 0 Å². The Labute approximate surface area is 99.4 Å². The van der Waals surface area contributed by atoms with Gasteiger partial charge in [-0.25, -0.2) is 0 Å². The molecular weight excluding hydrogens is 254 g/mol. The number of benzene rings is 1. The fraction of sp³-hybridized carbons (Fsp3) is 0.500. The quantitative estimate of drug-likeness (QED) is 0.819. The van der Waals surface area contributed by atoms with E-state index >= 15 is 0 Å². The Bertz CT molecular complexity index is 312. The third kappa shape index (κ3) is 2.80. The second-order valence-electron chi connectivity index (χ2n) is 3.80. The van der Waals surface area contributed by atoms with Crippen LogP contribution in [-0.4, -0.2) is 31.1 Å². The van der Waals surface area contributed by atoms with E-state index in [0.717, 1.165) is 30.7 Å². The van der Waals surface area contributed by atoms with Crippen LogP contribution in [0, 0.1) is 0 Å². The molecule has 0 aliphatic carbocycles. The Hall–Kier alpha value is -0.380. The topological polar surface area (TPSA) is 12.5 Å². The van der Waals surface area contributed by atoms with E-state index in [2.05, 4.69) is 52.0 Å². The van der Waals surface area contributed by atoms with Crippen LogP contribution >= 0.6 is 15.9 Å². The molecule has 15 heavy (non-hydrogen) atoms. The molecule has 1 atom stereocenters. The SMILES string of the molecule is CCN1CCOC(c2ccc(Br)cc2)C1.